The third-order valence-corrected chi connectivity index (χ3v) is 5.52. The Morgan fingerprint density at radius 2 is 1.89 bits per heavy atom. The lowest BCUT2D eigenvalue weighted by Crippen LogP contribution is -2.38. The topological polar surface area (TPSA) is 71.7 Å². The number of para-hydroxylation sites is 1. The molecular weight excluding hydrogens is 356 g/mol. The van der Waals surface area contributed by atoms with Crippen LogP contribution in [-0.4, -0.2) is 58.1 Å². The SMILES string of the molecule is Cc1noc(CN2CCC(Oc3ccccc3C(=O)N3CCCCC3)CC2)n1. The molecule has 1 aromatic carbocycles. The zero-order chi connectivity index (χ0) is 19.3. The maximum absolute atomic E-state index is 12.9. The number of piperidine rings is 2. The molecule has 0 aliphatic carbocycles. The maximum atomic E-state index is 12.9. The van der Waals surface area contributed by atoms with Crippen LogP contribution in [0.25, 0.3) is 0 Å². The van der Waals surface area contributed by atoms with Gasteiger partial charge in [0.2, 0.25) is 5.89 Å². The quantitative estimate of drug-likeness (QED) is 0.789. The minimum absolute atomic E-state index is 0.0968. The summed E-state index contributed by atoms with van der Waals surface area (Å²) in [5.41, 5.74) is 0.688. The summed E-state index contributed by atoms with van der Waals surface area (Å²) in [5.74, 6) is 2.14. The fourth-order valence-corrected chi connectivity index (χ4v) is 3.97. The number of benzene rings is 1. The third kappa shape index (κ3) is 4.52. The van der Waals surface area contributed by atoms with Gasteiger partial charge in [-0.1, -0.05) is 17.3 Å². The first kappa shape index (κ1) is 18.9. The summed E-state index contributed by atoms with van der Waals surface area (Å²) in [6, 6.07) is 7.67. The van der Waals surface area contributed by atoms with Gasteiger partial charge >= 0.3 is 0 Å². The number of nitrogens with zero attached hydrogens (tertiary/aromatic N) is 4. The molecule has 7 heteroatoms. The molecule has 0 N–H and O–H groups in total. The summed E-state index contributed by atoms with van der Waals surface area (Å²) in [4.78, 5) is 21.5. The van der Waals surface area contributed by atoms with Crippen molar-refractivity contribution < 1.29 is 14.1 Å². The number of carbonyl (C=O) groups excluding carboxylic acids is 1. The Hall–Kier alpha value is -2.41. The second kappa shape index (κ2) is 8.73. The van der Waals surface area contributed by atoms with Crippen LogP contribution in [0.1, 0.15) is 54.2 Å². The molecule has 1 aromatic heterocycles. The second-order valence-electron chi connectivity index (χ2n) is 7.68. The summed E-state index contributed by atoms with van der Waals surface area (Å²) in [6.45, 7) is 6.03. The number of hydrogen-bond donors (Lipinski definition) is 0. The minimum Gasteiger partial charge on any atom is -0.489 e. The zero-order valence-corrected chi connectivity index (χ0v) is 16.5. The van der Waals surface area contributed by atoms with E-state index in [2.05, 4.69) is 15.0 Å². The number of aryl methyl sites for hydroxylation is 1. The van der Waals surface area contributed by atoms with Crippen LogP contribution in [0.4, 0.5) is 0 Å². The molecule has 2 aromatic rings. The molecule has 7 nitrogen and oxygen atoms in total. The Bertz CT molecular complexity index is 792. The highest BCUT2D eigenvalue weighted by Crippen LogP contribution is 2.26. The molecule has 0 saturated carbocycles. The van der Waals surface area contributed by atoms with Crippen molar-refractivity contribution in [3.05, 3.63) is 41.5 Å². The van der Waals surface area contributed by atoms with Crippen molar-refractivity contribution in [1.29, 1.82) is 0 Å². The van der Waals surface area contributed by atoms with Gasteiger partial charge in [-0.15, -0.1) is 0 Å². The monoisotopic (exact) mass is 384 g/mol. The number of carbonyl (C=O) groups is 1. The summed E-state index contributed by atoms with van der Waals surface area (Å²) in [6.07, 6.45) is 5.35. The first-order chi connectivity index (χ1) is 13.7. The van der Waals surface area contributed by atoms with Crippen LogP contribution in [0.2, 0.25) is 0 Å². The number of hydrogen-bond acceptors (Lipinski definition) is 6. The van der Waals surface area contributed by atoms with Gasteiger partial charge in [0.05, 0.1) is 12.1 Å². The van der Waals surface area contributed by atoms with E-state index in [9.17, 15) is 4.79 Å². The van der Waals surface area contributed by atoms with Crippen molar-refractivity contribution in [2.24, 2.45) is 0 Å². The first-order valence-corrected chi connectivity index (χ1v) is 10.3. The number of ether oxygens (including phenoxy) is 1. The number of rotatable bonds is 5. The fraction of sp³-hybridized carbons (Fsp3) is 0.571. The summed E-state index contributed by atoms with van der Waals surface area (Å²) in [5, 5.41) is 3.84. The lowest BCUT2D eigenvalue weighted by atomic mass is 10.1. The molecular formula is C21H28N4O3. The first-order valence-electron chi connectivity index (χ1n) is 10.3. The molecule has 2 aliphatic rings. The van der Waals surface area contributed by atoms with Gasteiger partial charge in [0.15, 0.2) is 5.82 Å². The van der Waals surface area contributed by atoms with Crippen LogP contribution in [-0.2, 0) is 6.54 Å². The van der Waals surface area contributed by atoms with Gasteiger partial charge < -0.3 is 14.2 Å². The normalized spacial score (nSPS) is 19.0. The maximum Gasteiger partial charge on any atom is 0.257 e. The Balaban J connectivity index is 1.34. The molecule has 0 atom stereocenters. The lowest BCUT2D eigenvalue weighted by Gasteiger charge is -2.32. The van der Waals surface area contributed by atoms with E-state index in [-0.39, 0.29) is 12.0 Å². The van der Waals surface area contributed by atoms with E-state index in [0.717, 1.165) is 51.9 Å². The molecule has 2 fully saturated rings. The number of amides is 1. The molecule has 1 amide bonds. The molecule has 0 spiro atoms. The second-order valence-corrected chi connectivity index (χ2v) is 7.68. The highest BCUT2D eigenvalue weighted by Gasteiger charge is 2.25. The predicted octanol–water partition coefficient (Wildman–Crippen LogP) is 3.05. The van der Waals surface area contributed by atoms with Gasteiger partial charge in [-0.3, -0.25) is 9.69 Å². The van der Waals surface area contributed by atoms with Crippen LogP contribution in [0.3, 0.4) is 0 Å². The van der Waals surface area contributed by atoms with E-state index in [1.165, 1.54) is 6.42 Å². The van der Waals surface area contributed by atoms with Crippen molar-refractivity contribution in [2.75, 3.05) is 26.2 Å². The molecule has 150 valence electrons. The van der Waals surface area contributed by atoms with Gasteiger partial charge in [-0.2, -0.15) is 4.98 Å². The van der Waals surface area contributed by atoms with E-state index in [4.69, 9.17) is 9.26 Å². The Morgan fingerprint density at radius 3 is 2.61 bits per heavy atom. The summed E-state index contributed by atoms with van der Waals surface area (Å²) < 4.78 is 11.5. The van der Waals surface area contributed by atoms with Crippen molar-refractivity contribution in [2.45, 2.75) is 51.7 Å². The molecule has 2 saturated heterocycles. The van der Waals surface area contributed by atoms with E-state index in [1.54, 1.807) is 0 Å². The van der Waals surface area contributed by atoms with E-state index >= 15 is 0 Å². The van der Waals surface area contributed by atoms with E-state index in [1.807, 2.05) is 36.1 Å². The molecule has 4 rings (SSSR count). The Morgan fingerprint density at radius 1 is 1.14 bits per heavy atom. The number of aromatic nitrogens is 2. The van der Waals surface area contributed by atoms with Crippen LogP contribution in [0, 0.1) is 6.92 Å². The summed E-state index contributed by atoms with van der Waals surface area (Å²) >= 11 is 0. The molecule has 0 radical (unpaired) electrons. The standard InChI is InChI=1S/C21H28N4O3/c1-16-22-20(28-23-16)15-24-13-9-17(10-14-24)27-19-8-4-3-7-18(19)21(26)25-11-5-2-6-12-25/h3-4,7-8,17H,2,5-6,9-15H2,1H3. The smallest absolute Gasteiger partial charge is 0.257 e. The fourth-order valence-electron chi connectivity index (χ4n) is 3.97. The molecule has 0 bridgehead atoms. The third-order valence-electron chi connectivity index (χ3n) is 5.52. The highest BCUT2D eigenvalue weighted by atomic mass is 16.5. The van der Waals surface area contributed by atoms with E-state index < -0.39 is 0 Å². The van der Waals surface area contributed by atoms with Gasteiger partial charge in [0.25, 0.3) is 5.91 Å². The van der Waals surface area contributed by atoms with Crippen LogP contribution >= 0.6 is 0 Å². The average molecular weight is 384 g/mol. The van der Waals surface area contributed by atoms with Crippen molar-refractivity contribution in [3.63, 3.8) is 0 Å². The zero-order valence-electron chi connectivity index (χ0n) is 16.5. The van der Waals surface area contributed by atoms with Crippen LogP contribution < -0.4 is 4.74 Å². The van der Waals surface area contributed by atoms with Crippen molar-refractivity contribution in [3.8, 4) is 5.75 Å². The summed E-state index contributed by atoms with van der Waals surface area (Å²) in [7, 11) is 0. The minimum atomic E-state index is 0.0968. The number of likely N-dealkylation sites (tertiary alicyclic amines) is 2. The highest BCUT2D eigenvalue weighted by molar-refractivity contribution is 5.97. The van der Waals surface area contributed by atoms with Crippen molar-refractivity contribution in [1.82, 2.24) is 19.9 Å². The predicted molar refractivity (Wildman–Crippen MR) is 104 cm³/mol. The van der Waals surface area contributed by atoms with Crippen molar-refractivity contribution >= 4 is 5.91 Å². The van der Waals surface area contributed by atoms with Gasteiger partial charge in [0.1, 0.15) is 11.9 Å². The van der Waals surface area contributed by atoms with Gasteiger partial charge in [-0.25, -0.2) is 0 Å². The van der Waals surface area contributed by atoms with Gasteiger partial charge in [0, 0.05) is 26.2 Å². The van der Waals surface area contributed by atoms with Crippen LogP contribution in [0.15, 0.2) is 28.8 Å². The molecule has 3 heterocycles. The Kier molecular flexibility index (Phi) is 5.90. The lowest BCUT2D eigenvalue weighted by molar-refractivity contribution is 0.0697. The molecule has 0 unspecified atom stereocenters. The largest absolute Gasteiger partial charge is 0.489 e. The molecule has 28 heavy (non-hydrogen) atoms. The molecule has 2 aliphatic heterocycles. The van der Waals surface area contributed by atoms with Gasteiger partial charge in [-0.05, 0) is 51.2 Å². The van der Waals surface area contributed by atoms with E-state index in [0.29, 0.717) is 29.6 Å². The average Bonchev–Trinajstić information content (AvgIpc) is 3.14. The Labute approximate surface area is 165 Å². The van der Waals surface area contributed by atoms with Crippen LogP contribution in [0.5, 0.6) is 5.75 Å².